The van der Waals surface area contributed by atoms with Gasteiger partial charge in [-0.1, -0.05) is 129 Å². The molecule has 0 spiro atoms. The van der Waals surface area contributed by atoms with Crippen LogP contribution in [0.3, 0.4) is 0 Å². The molecule has 0 radical (unpaired) electrons. The number of morpholine rings is 1. The number of hydrogen-bond acceptors (Lipinski definition) is 3. The van der Waals surface area contributed by atoms with E-state index in [0.29, 0.717) is 24.0 Å². The lowest BCUT2D eigenvalue weighted by atomic mass is 10.0. The molecule has 0 aromatic heterocycles. The summed E-state index contributed by atoms with van der Waals surface area (Å²) in [5.41, 5.74) is 0. The van der Waals surface area contributed by atoms with Crippen LogP contribution in [0.1, 0.15) is 148 Å². The minimum atomic E-state index is -1.18. The predicted molar refractivity (Wildman–Crippen MR) is 147 cm³/mol. The van der Waals surface area contributed by atoms with Crippen molar-refractivity contribution in [3.05, 3.63) is 0 Å². The lowest BCUT2D eigenvalue weighted by Crippen LogP contribution is -2.62. The molecule has 5 heteroatoms. The standard InChI is InChI=1S/C30H59NO4/c1-4-5-6-7-8-9-10-11-12-13-14-15-16-17-18-19-20-21-22-23-24-30(34)27-31(2,3)26-28(35-30)25-29(32)33/h28,34H,4-27H2,1-3H3/p+1/t28-,30+/m1/s1. The van der Waals surface area contributed by atoms with Crippen LogP contribution < -0.4 is 0 Å². The zero-order valence-electron chi connectivity index (χ0n) is 23.7. The van der Waals surface area contributed by atoms with Gasteiger partial charge in [-0.05, 0) is 6.42 Å². The van der Waals surface area contributed by atoms with Crippen molar-refractivity contribution in [1.29, 1.82) is 0 Å². The van der Waals surface area contributed by atoms with E-state index in [-0.39, 0.29) is 6.42 Å². The van der Waals surface area contributed by atoms with E-state index < -0.39 is 17.9 Å². The largest absolute Gasteiger partial charge is 0.481 e. The smallest absolute Gasteiger partial charge is 0.306 e. The molecular formula is C30H60NO4+. The van der Waals surface area contributed by atoms with Gasteiger partial charge in [-0.25, -0.2) is 0 Å². The number of ether oxygens (including phenoxy) is 1. The molecule has 35 heavy (non-hydrogen) atoms. The minimum Gasteiger partial charge on any atom is -0.481 e. The zero-order chi connectivity index (χ0) is 25.8. The molecule has 1 aliphatic heterocycles. The van der Waals surface area contributed by atoms with Crippen LogP contribution in [0.15, 0.2) is 0 Å². The predicted octanol–water partition coefficient (Wildman–Crippen LogP) is 7.84. The summed E-state index contributed by atoms with van der Waals surface area (Å²) < 4.78 is 6.42. The van der Waals surface area contributed by atoms with Crippen molar-refractivity contribution in [2.45, 2.75) is 160 Å². The number of carboxylic acid groups (broad SMARTS) is 1. The molecular weight excluding hydrogens is 438 g/mol. The summed E-state index contributed by atoms with van der Waals surface area (Å²) in [7, 11) is 4.08. The Morgan fingerprint density at radius 3 is 1.49 bits per heavy atom. The third-order valence-corrected chi connectivity index (χ3v) is 7.58. The quantitative estimate of drug-likeness (QED) is 0.111. The average Bonchev–Trinajstić information content (AvgIpc) is 2.76. The number of carboxylic acids is 1. The van der Waals surface area contributed by atoms with E-state index in [2.05, 4.69) is 6.92 Å². The first-order valence-electron chi connectivity index (χ1n) is 15.2. The van der Waals surface area contributed by atoms with Crippen molar-refractivity contribution in [3.63, 3.8) is 0 Å². The summed E-state index contributed by atoms with van der Waals surface area (Å²) in [5, 5.41) is 20.0. The van der Waals surface area contributed by atoms with Crippen molar-refractivity contribution in [3.8, 4) is 0 Å². The maximum absolute atomic E-state index is 11.1. The molecule has 208 valence electrons. The van der Waals surface area contributed by atoms with Crippen LogP contribution in [0.2, 0.25) is 0 Å². The lowest BCUT2D eigenvalue weighted by molar-refractivity contribution is -0.915. The molecule has 1 fully saturated rings. The van der Waals surface area contributed by atoms with Gasteiger partial charge in [0.05, 0.1) is 20.5 Å². The molecule has 2 atom stereocenters. The fraction of sp³-hybridized carbons (Fsp3) is 0.967. The number of aliphatic carboxylic acids is 1. The summed E-state index contributed by atoms with van der Waals surface area (Å²) in [6.07, 6.45) is 27.3. The van der Waals surface area contributed by atoms with Gasteiger partial charge in [-0.2, -0.15) is 0 Å². The van der Waals surface area contributed by atoms with Gasteiger partial charge in [0.1, 0.15) is 19.2 Å². The SMILES string of the molecule is CCCCCCCCCCCCCCCCCCCCCC[C@@]1(O)C[N+](C)(C)C[C@@H](CC(=O)O)O1. The number of aliphatic hydroxyl groups is 1. The third-order valence-electron chi connectivity index (χ3n) is 7.58. The lowest BCUT2D eigenvalue weighted by Gasteiger charge is -2.46. The van der Waals surface area contributed by atoms with E-state index in [4.69, 9.17) is 9.84 Å². The Hall–Kier alpha value is -0.650. The molecule has 0 amide bonds. The first-order chi connectivity index (χ1) is 16.8. The van der Waals surface area contributed by atoms with Gasteiger partial charge in [0.25, 0.3) is 0 Å². The van der Waals surface area contributed by atoms with Crippen LogP contribution in [-0.4, -0.2) is 59.7 Å². The topological polar surface area (TPSA) is 66.8 Å². The van der Waals surface area contributed by atoms with E-state index in [1.165, 1.54) is 116 Å². The Morgan fingerprint density at radius 1 is 0.743 bits per heavy atom. The molecule has 1 rings (SSSR count). The minimum absolute atomic E-state index is 0.0384. The number of likely N-dealkylation sites (N-methyl/N-ethyl adjacent to an activating group) is 1. The molecule has 0 saturated carbocycles. The van der Waals surface area contributed by atoms with E-state index in [0.717, 1.165) is 12.8 Å². The molecule has 1 aliphatic rings. The second-order valence-electron chi connectivity index (χ2n) is 12.0. The van der Waals surface area contributed by atoms with Gasteiger partial charge in [-0.3, -0.25) is 4.79 Å². The van der Waals surface area contributed by atoms with Crippen molar-refractivity contribution in [1.82, 2.24) is 0 Å². The van der Waals surface area contributed by atoms with Crippen LogP contribution in [0.25, 0.3) is 0 Å². The maximum atomic E-state index is 11.1. The number of carbonyl (C=O) groups is 1. The summed E-state index contributed by atoms with van der Waals surface area (Å²) in [5.74, 6) is -2.05. The summed E-state index contributed by atoms with van der Waals surface area (Å²) >= 11 is 0. The third kappa shape index (κ3) is 18.3. The summed E-state index contributed by atoms with van der Waals surface area (Å²) in [6.45, 7) is 3.45. The molecule has 5 nitrogen and oxygen atoms in total. The molecule has 0 aromatic carbocycles. The Bertz CT molecular complexity index is 524. The van der Waals surface area contributed by atoms with Gasteiger partial charge in [0, 0.05) is 6.42 Å². The fourth-order valence-electron chi connectivity index (χ4n) is 5.76. The molecule has 0 aromatic rings. The van der Waals surface area contributed by atoms with Crippen molar-refractivity contribution in [2.75, 3.05) is 27.2 Å². The van der Waals surface area contributed by atoms with Gasteiger partial charge >= 0.3 is 5.97 Å². The van der Waals surface area contributed by atoms with Gasteiger partial charge in [0.2, 0.25) is 5.79 Å². The number of hydrogen-bond donors (Lipinski definition) is 2. The van der Waals surface area contributed by atoms with E-state index in [1.54, 1.807) is 0 Å². The highest BCUT2D eigenvalue weighted by atomic mass is 16.6. The van der Waals surface area contributed by atoms with Crippen molar-refractivity contribution < 1.29 is 24.2 Å². The van der Waals surface area contributed by atoms with Crippen LogP contribution in [0, 0.1) is 0 Å². The molecule has 0 unspecified atom stereocenters. The summed E-state index contributed by atoms with van der Waals surface area (Å²) in [6, 6.07) is 0. The van der Waals surface area contributed by atoms with Crippen molar-refractivity contribution >= 4 is 5.97 Å². The molecule has 1 heterocycles. The fourth-order valence-corrected chi connectivity index (χ4v) is 5.76. The van der Waals surface area contributed by atoms with Crippen LogP contribution in [0.4, 0.5) is 0 Å². The Labute approximate surface area is 217 Å². The van der Waals surface area contributed by atoms with Gasteiger partial charge in [0.15, 0.2) is 0 Å². The van der Waals surface area contributed by atoms with E-state index in [1.807, 2.05) is 14.1 Å². The molecule has 0 bridgehead atoms. The molecule has 0 aliphatic carbocycles. The normalized spacial score (nSPS) is 21.9. The first kappa shape index (κ1) is 32.4. The Balaban J connectivity index is 1.89. The second-order valence-corrected chi connectivity index (χ2v) is 12.0. The van der Waals surface area contributed by atoms with Crippen LogP contribution in [-0.2, 0) is 9.53 Å². The highest BCUT2D eigenvalue weighted by molar-refractivity contribution is 5.67. The number of rotatable bonds is 23. The Morgan fingerprint density at radius 2 is 1.11 bits per heavy atom. The van der Waals surface area contributed by atoms with Gasteiger partial charge < -0.3 is 19.4 Å². The van der Waals surface area contributed by atoms with Gasteiger partial charge in [-0.15, -0.1) is 0 Å². The average molecular weight is 499 g/mol. The highest BCUT2D eigenvalue weighted by Crippen LogP contribution is 2.29. The summed E-state index contributed by atoms with van der Waals surface area (Å²) in [4.78, 5) is 11.1. The second kappa shape index (κ2) is 19.5. The van der Waals surface area contributed by atoms with Crippen molar-refractivity contribution in [2.24, 2.45) is 0 Å². The maximum Gasteiger partial charge on any atom is 0.306 e. The number of nitrogens with zero attached hydrogens (tertiary/aromatic N) is 1. The van der Waals surface area contributed by atoms with E-state index in [9.17, 15) is 9.90 Å². The van der Waals surface area contributed by atoms with Crippen LogP contribution in [0.5, 0.6) is 0 Å². The Kier molecular flexibility index (Phi) is 18.0. The monoisotopic (exact) mass is 498 g/mol. The molecule has 1 saturated heterocycles. The van der Waals surface area contributed by atoms with E-state index >= 15 is 0 Å². The first-order valence-corrected chi connectivity index (χ1v) is 15.2. The highest BCUT2D eigenvalue weighted by Gasteiger charge is 2.45. The zero-order valence-corrected chi connectivity index (χ0v) is 23.7. The van der Waals surface area contributed by atoms with Crippen LogP contribution >= 0.6 is 0 Å². The number of unbranched alkanes of at least 4 members (excludes halogenated alkanes) is 19. The number of quaternary nitrogens is 1. The molecule has 2 N–H and O–H groups in total.